The van der Waals surface area contributed by atoms with E-state index in [1.807, 2.05) is 0 Å². The van der Waals surface area contributed by atoms with Crippen molar-refractivity contribution >= 4 is 34.2 Å². The van der Waals surface area contributed by atoms with Gasteiger partial charge in [0, 0.05) is 12.3 Å². The minimum atomic E-state index is -4.87. The molecule has 1 fully saturated rings. The standard InChI is InChI=1S/C24H13F6N5O4/c25-23(26,27)13-7-15(10-31-9-13)34-11-20(36)35(22(34)37)14-1-3-16(4-2-14)38-21-18-6-5-17(39-24(28,29)30)8-19(18)32-12-33-21/h1-10,12H,11H2. The monoisotopic (exact) mass is 549 g/mol. The molecule has 2 aromatic heterocycles. The van der Waals surface area contributed by atoms with Crippen molar-refractivity contribution in [3.8, 4) is 17.4 Å². The molecule has 0 aliphatic carbocycles. The molecule has 3 amide bonds. The summed E-state index contributed by atoms with van der Waals surface area (Å²) in [5, 5.41) is 0.284. The normalized spacial score (nSPS) is 14.3. The fourth-order valence-electron chi connectivity index (χ4n) is 3.75. The summed E-state index contributed by atoms with van der Waals surface area (Å²) >= 11 is 0. The van der Waals surface area contributed by atoms with Crippen molar-refractivity contribution in [3.63, 3.8) is 0 Å². The minimum absolute atomic E-state index is 0.0165. The Bertz CT molecular complexity index is 1580. The van der Waals surface area contributed by atoms with E-state index in [1.165, 1.54) is 30.3 Å². The van der Waals surface area contributed by atoms with Gasteiger partial charge in [-0.2, -0.15) is 13.2 Å². The zero-order valence-corrected chi connectivity index (χ0v) is 19.2. The highest BCUT2D eigenvalue weighted by molar-refractivity contribution is 6.26. The van der Waals surface area contributed by atoms with Gasteiger partial charge in [-0.1, -0.05) is 0 Å². The summed E-state index contributed by atoms with van der Waals surface area (Å²) in [4.78, 5) is 38.6. The largest absolute Gasteiger partial charge is 0.573 e. The number of ether oxygens (including phenoxy) is 2. The van der Waals surface area contributed by atoms with Crippen LogP contribution >= 0.6 is 0 Å². The molecule has 0 saturated carbocycles. The lowest BCUT2D eigenvalue weighted by molar-refractivity contribution is -0.274. The zero-order chi connectivity index (χ0) is 27.9. The third-order valence-electron chi connectivity index (χ3n) is 5.44. The molecule has 1 aliphatic heterocycles. The number of halogens is 6. The Balaban J connectivity index is 1.34. The highest BCUT2D eigenvalue weighted by Crippen LogP contribution is 2.34. The van der Waals surface area contributed by atoms with Crippen LogP contribution in [0.15, 0.2) is 67.3 Å². The van der Waals surface area contributed by atoms with E-state index in [0.717, 1.165) is 40.5 Å². The highest BCUT2D eigenvalue weighted by atomic mass is 19.4. The molecule has 0 N–H and O–H groups in total. The number of pyridine rings is 1. The number of nitrogens with zero attached hydrogens (tertiary/aromatic N) is 5. The number of amides is 3. The molecule has 15 heteroatoms. The second kappa shape index (κ2) is 9.41. The van der Waals surface area contributed by atoms with E-state index < -0.39 is 42.3 Å². The summed E-state index contributed by atoms with van der Waals surface area (Å²) in [5.74, 6) is -0.932. The summed E-state index contributed by atoms with van der Waals surface area (Å²) in [6, 6.07) is 8.84. The van der Waals surface area contributed by atoms with Crippen molar-refractivity contribution in [2.24, 2.45) is 0 Å². The summed E-state index contributed by atoms with van der Waals surface area (Å²) < 4.78 is 86.2. The molecule has 200 valence electrons. The number of alkyl halides is 6. The maximum Gasteiger partial charge on any atom is 0.573 e. The number of imide groups is 1. The Morgan fingerprint density at radius 3 is 2.23 bits per heavy atom. The number of carbonyl (C=O) groups excluding carboxylic acids is 2. The Kier molecular flexibility index (Phi) is 6.20. The van der Waals surface area contributed by atoms with Crippen LogP contribution in [0, 0.1) is 0 Å². The summed E-state index contributed by atoms with van der Waals surface area (Å²) in [7, 11) is 0. The van der Waals surface area contributed by atoms with Crippen LogP contribution in [0.5, 0.6) is 17.4 Å². The Hall–Kier alpha value is -4.95. The number of hydrogen-bond donors (Lipinski definition) is 0. The van der Waals surface area contributed by atoms with Gasteiger partial charge in [-0.3, -0.25) is 14.7 Å². The van der Waals surface area contributed by atoms with Gasteiger partial charge in [-0.15, -0.1) is 13.2 Å². The molecular weight excluding hydrogens is 536 g/mol. The van der Waals surface area contributed by atoms with E-state index in [2.05, 4.69) is 19.7 Å². The average Bonchev–Trinajstić information content (AvgIpc) is 3.17. The van der Waals surface area contributed by atoms with E-state index in [4.69, 9.17) is 4.74 Å². The second-order valence-electron chi connectivity index (χ2n) is 8.03. The molecule has 0 spiro atoms. The van der Waals surface area contributed by atoms with Gasteiger partial charge in [0.25, 0.3) is 5.91 Å². The van der Waals surface area contributed by atoms with E-state index in [1.54, 1.807) is 0 Å². The first-order valence-electron chi connectivity index (χ1n) is 10.8. The Morgan fingerprint density at radius 1 is 0.821 bits per heavy atom. The molecule has 4 aromatic rings. The van der Waals surface area contributed by atoms with Crippen LogP contribution in [-0.2, 0) is 11.0 Å². The van der Waals surface area contributed by atoms with Gasteiger partial charge in [-0.25, -0.2) is 19.7 Å². The molecule has 3 heterocycles. The van der Waals surface area contributed by atoms with Crippen LogP contribution in [-0.4, -0.2) is 39.8 Å². The van der Waals surface area contributed by atoms with Crippen molar-refractivity contribution in [2.75, 3.05) is 16.3 Å². The van der Waals surface area contributed by atoms with Crippen molar-refractivity contribution < 1.29 is 45.4 Å². The SMILES string of the molecule is O=C1CN(c2cncc(C(F)(F)F)c2)C(=O)N1c1ccc(Oc2ncnc3cc(OC(F)(F)F)ccc23)cc1. The highest BCUT2D eigenvalue weighted by Gasteiger charge is 2.39. The van der Waals surface area contributed by atoms with E-state index in [-0.39, 0.29) is 33.9 Å². The predicted octanol–water partition coefficient (Wildman–Crippen LogP) is 5.71. The third-order valence-corrected chi connectivity index (χ3v) is 5.44. The number of fused-ring (bicyclic) bond motifs is 1. The fourth-order valence-corrected chi connectivity index (χ4v) is 3.75. The maximum absolute atomic E-state index is 13.0. The average molecular weight is 549 g/mol. The molecule has 0 atom stereocenters. The Labute approximate surface area is 214 Å². The molecule has 0 unspecified atom stereocenters. The second-order valence-corrected chi connectivity index (χ2v) is 8.03. The lowest BCUT2D eigenvalue weighted by Crippen LogP contribution is -2.33. The molecule has 0 bridgehead atoms. The molecular formula is C24H13F6N5O4. The molecule has 5 rings (SSSR count). The molecule has 39 heavy (non-hydrogen) atoms. The van der Waals surface area contributed by atoms with Crippen LogP contribution in [0.3, 0.4) is 0 Å². The van der Waals surface area contributed by atoms with Gasteiger partial charge in [0.2, 0.25) is 5.88 Å². The quantitative estimate of drug-likeness (QED) is 0.232. The number of benzene rings is 2. The van der Waals surface area contributed by atoms with Gasteiger partial charge in [0.15, 0.2) is 0 Å². The predicted molar refractivity (Wildman–Crippen MR) is 122 cm³/mol. The molecule has 1 saturated heterocycles. The fraction of sp³-hybridized carbons (Fsp3) is 0.125. The minimum Gasteiger partial charge on any atom is -0.438 e. The van der Waals surface area contributed by atoms with Gasteiger partial charge in [0.05, 0.1) is 34.0 Å². The lowest BCUT2D eigenvalue weighted by atomic mass is 10.2. The summed E-state index contributed by atoms with van der Waals surface area (Å²) in [5.41, 5.74) is -1.01. The van der Waals surface area contributed by atoms with E-state index in [9.17, 15) is 35.9 Å². The van der Waals surface area contributed by atoms with E-state index in [0.29, 0.717) is 6.20 Å². The number of carbonyl (C=O) groups is 2. The molecule has 2 aromatic carbocycles. The number of aromatic nitrogens is 3. The van der Waals surface area contributed by atoms with Gasteiger partial charge >= 0.3 is 18.6 Å². The van der Waals surface area contributed by atoms with Crippen molar-refractivity contribution in [3.05, 3.63) is 72.8 Å². The van der Waals surface area contributed by atoms with Crippen LogP contribution in [0.1, 0.15) is 5.56 Å². The van der Waals surface area contributed by atoms with Crippen molar-refractivity contribution in [1.29, 1.82) is 0 Å². The summed E-state index contributed by atoms with van der Waals surface area (Å²) in [6.45, 7) is -0.493. The van der Waals surface area contributed by atoms with Crippen molar-refractivity contribution in [1.82, 2.24) is 15.0 Å². The van der Waals surface area contributed by atoms with Crippen LogP contribution in [0.4, 0.5) is 42.5 Å². The summed E-state index contributed by atoms with van der Waals surface area (Å²) in [6.07, 6.45) is -6.81. The smallest absolute Gasteiger partial charge is 0.438 e. The third kappa shape index (κ3) is 5.37. The molecule has 1 aliphatic rings. The van der Waals surface area contributed by atoms with Crippen molar-refractivity contribution in [2.45, 2.75) is 12.5 Å². The first-order valence-corrected chi connectivity index (χ1v) is 10.8. The van der Waals surface area contributed by atoms with Gasteiger partial charge < -0.3 is 9.47 Å². The number of rotatable bonds is 5. The lowest BCUT2D eigenvalue weighted by Gasteiger charge is -2.18. The van der Waals surface area contributed by atoms with Gasteiger partial charge in [0.1, 0.15) is 24.4 Å². The van der Waals surface area contributed by atoms with Crippen LogP contribution in [0.25, 0.3) is 10.9 Å². The molecule has 9 nitrogen and oxygen atoms in total. The van der Waals surface area contributed by atoms with Gasteiger partial charge in [-0.05, 0) is 42.5 Å². The van der Waals surface area contributed by atoms with E-state index >= 15 is 0 Å². The molecule has 0 radical (unpaired) electrons. The number of urea groups is 1. The zero-order valence-electron chi connectivity index (χ0n) is 19.2. The number of hydrogen-bond acceptors (Lipinski definition) is 7. The Morgan fingerprint density at radius 2 is 1.54 bits per heavy atom. The maximum atomic E-state index is 13.0. The first kappa shape index (κ1) is 25.7. The number of anilines is 2. The van der Waals surface area contributed by atoms with Crippen LogP contribution in [0.2, 0.25) is 0 Å². The first-order chi connectivity index (χ1) is 18.4. The van der Waals surface area contributed by atoms with Crippen LogP contribution < -0.4 is 19.3 Å². The topological polar surface area (TPSA) is 97.8 Å².